The van der Waals surface area contributed by atoms with Gasteiger partial charge in [0.05, 0.1) is 4.91 Å². The lowest BCUT2D eigenvalue weighted by molar-refractivity contribution is -0.113. The summed E-state index contributed by atoms with van der Waals surface area (Å²) in [7, 11) is 0. The van der Waals surface area contributed by atoms with Crippen LogP contribution in [0.1, 0.15) is 31.2 Å². The fourth-order valence-corrected chi connectivity index (χ4v) is 3.71. The van der Waals surface area contributed by atoms with Crippen LogP contribution in [-0.4, -0.2) is 29.1 Å². The average Bonchev–Trinajstić information content (AvgIpc) is 2.68. The van der Waals surface area contributed by atoms with E-state index < -0.39 is 0 Å². The number of nitrogens with zero attached hydrogens (tertiary/aromatic N) is 2. The molecule has 110 valence electrons. The third kappa shape index (κ3) is 3.69. The molecule has 0 aliphatic carbocycles. The summed E-state index contributed by atoms with van der Waals surface area (Å²) in [6, 6.07) is 7.50. The number of amidine groups is 1. The maximum atomic E-state index is 12.1. The van der Waals surface area contributed by atoms with E-state index in [2.05, 4.69) is 9.89 Å². The molecule has 2 aliphatic heterocycles. The number of carbonyl (C=O) groups is 1. The Morgan fingerprint density at radius 3 is 2.67 bits per heavy atom. The fourth-order valence-electron chi connectivity index (χ4n) is 2.54. The third-order valence-electron chi connectivity index (χ3n) is 3.63. The van der Waals surface area contributed by atoms with E-state index in [1.165, 1.54) is 37.4 Å². The minimum absolute atomic E-state index is 0.140. The number of aliphatic imine (C=N–C) groups is 1. The van der Waals surface area contributed by atoms with Gasteiger partial charge < -0.3 is 4.90 Å². The van der Waals surface area contributed by atoms with E-state index in [0.29, 0.717) is 9.93 Å². The van der Waals surface area contributed by atoms with E-state index in [9.17, 15) is 4.79 Å². The van der Waals surface area contributed by atoms with Crippen LogP contribution < -0.4 is 0 Å². The number of halogens is 1. The molecule has 1 saturated heterocycles. The number of thioether (sulfide) groups is 1. The minimum atomic E-state index is -0.140. The number of benzene rings is 1. The molecule has 0 atom stereocenters. The first-order valence-electron chi connectivity index (χ1n) is 7.25. The molecule has 1 aromatic rings. The Bertz CT molecular complexity index is 604. The number of carbonyl (C=O) groups excluding carboxylic acids is 1. The van der Waals surface area contributed by atoms with Crippen LogP contribution >= 0.6 is 23.4 Å². The minimum Gasteiger partial charge on any atom is -0.351 e. The molecule has 1 amide bonds. The average molecular weight is 321 g/mol. The lowest BCUT2D eigenvalue weighted by Crippen LogP contribution is -2.28. The van der Waals surface area contributed by atoms with Gasteiger partial charge in [-0.1, -0.05) is 36.6 Å². The molecule has 0 aromatic heterocycles. The Labute approximate surface area is 134 Å². The van der Waals surface area contributed by atoms with Crippen molar-refractivity contribution in [2.45, 2.75) is 25.7 Å². The number of likely N-dealkylation sites (tertiary alicyclic amines) is 1. The zero-order chi connectivity index (χ0) is 14.7. The predicted octanol–water partition coefficient (Wildman–Crippen LogP) is 4.19. The van der Waals surface area contributed by atoms with Crippen molar-refractivity contribution in [3.05, 3.63) is 39.8 Å². The SMILES string of the molecule is O=C1N=C(N2CCCCCC2)SC1=Cc1cccc(Cl)c1. The number of rotatable bonds is 1. The molecule has 21 heavy (non-hydrogen) atoms. The molecular formula is C16H17ClN2OS. The van der Waals surface area contributed by atoms with Crippen LogP contribution in [-0.2, 0) is 4.79 Å². The van der Waals surface area contributed by atoms with Gasteiger partial charge in [0, 0.05) is 18.1 Å². The highest BCUT2D eigenvalue weighted by atomic mass is 35.5. The smallest absolute Gasteiger partial charge is 0.286 e. The Morgan fingerprint density at radius 1 is 1.19 bits per heavy atom. The summed E-state index contributed by atoms with van der Waals surface area (Å²) in [5, 5.41) is 1.53. The molecule has 0 bridgehead atoms. The van der Waals surface area contributed by atoms with E-state index in [1.54, 1.807) is 0 Å². The summed E-state index contributed by atoms with van der Waals surface area (Å²) in [5.41, 5.74) is 0.936. The molecule has 0 unspecified atom stereocenters. The van der Waals surface area contributed by atoms with E-state index in [0.717, 1.165) is 23.8 Å². The first-order chi connectivity index (χ1) is 10.2. The van der Waals surface area contributed by atoms with E-state index in [1.807, 2.05) is 30.3 Å². The lowest BCUT2D eigenvalue weighted by Gasteiger charge is -2.20. The van der Waals surface area contributed by atoms with E-state index >= 15 is 0 Å². The maximum Gasteiger partial charge on any atom is 0.286 e. The van der Waals surface area contributed by atoms with Crippen molar-refractivity contribution in [3.63, 3.8) is 0 Å². The summed E-state index contributed by atoms with van der Waals surface area (Å²) >= 11 is 7.46. The van der Waals surface area contributed by atoms with Crippen LogP contribution in [0.5, 0.6) is 0 Å². The van der Waals surface area contributed by atoms with Crippen molar-refractivity contribution in [1.82, 2.24) is 4.90 Å². The molecular weight excluding hydrogens is 304 g/mol. The molecule has 0 spiro atoms. The number of amides is 1. The van der Waals surface area contributed by atoms with Gasteiger partial charge >= 0.3 is 0 Å². The van der Waals surface area contributed by atoms with Crippen molar-refractivity contribution in [2.24, 2.45) is 4.99 Å². The second-order valence-corrected chi connectivity index (χ2v) is 6.71. The van der Waals surface area contributed by atoms with Crippen molar-refractivity contribution in [3.8, 4) is 0 Å². The molecule has 3 rings (SSSR count). The summed E-state index contributed by atoms with van der Waals surface area (Å²) in [6.45, 7) is 2.01. The monoisotopic (exact) mass is 320 g/mol. The van der Waals surface area contributed by atoms with Gasteiger partial charge in [-0.2, -0.15) is 4.99 Å². The highest BCUT2D eigenvalue weighted by molar-refractivity contribution is 8.18. The molecule has 1 aromatic carbocycles. The first-order valence-corrected chi connectivity index (χ1v) is 8.45. The Balaban J connectivity index is 1.75. The number of hydrogen-bond donors (Lipinski definition) is 0. The third-order valence-corrected chi connectivity index (χ3v) is 4.91. The van der Waals surface area contributed by atoms with Gasteiger partial charge in [-0.25, -0.2) is 0 Å². The zero-order valence-corrected chi connectivity index (χ0v) is 13.3. The summed E-state index contributed by atoms with van der Waals surface area (Å²) in [5.74, 6) is -0.140. The Hall–Kier alpha value is -1.26. The Morgan fingerprint density at radius 2 is 1.95 bits per heavy atom. The van der Waals surface area contributed by atoms with E-state index in [-0.39, 0.29) is 5.91 Å². The summed E-state index contributed by atoms with van der Waals surface area (Å²) in [6.07, 6.45) is 6.77. The van der Waals surface area contributed by atoms with Gasteiger partial charge in [0.2, 0.25) is 0 Å². The van der Waals surface area contributed by atoms with Gasteiger partial charge in [-0.3, -0.25) is 4.79 Å². The van der Waals surface area contributed by atoms with Gasteiger partial charge in [0.15, 0.2) is 5.17 Å². The highest BCUT2D eigenvalue weighted by Crippen LogP contribution is 2.31. The van der Waals surface area contributed by atoms with E-state index in [4.69, 9.17) is 11.6 Å². The summed E-state index contributed by atoms with van der Waals surface area (Å²) in [4.78, 5) is 19.2. The van der Waals surface area contributed by atoms with Crippen LogP contribution in [0.2, 0.25) is 5.02 Å². The largest absolute Gasteiger partial charge is 0.351 e. The molecule has 3 nitrogen and oxygen atoms in total. The molecule has 0 radical (unpaired) electrons. The van der Waals surface area contributed by atoms with Gasteiger partial charge in [0.25, 0.3) is 5.91 Å². The molecule has 5 heteroatoms. The lowest BCUT2D eigenvalue weighted by atomic mass is 10.2. The molecule has 2 aliphatic rings. The van der Waals surface area contributed by atoms with Crippen molar-refractivity contribution in [1.29, 1.82) is 0 Å². The van der Waals surface area contributed by atoms with Crippen LogP contribution in [0.25, 0.3) is 6.08 Å². The van der Waals surface area contributed by atoms with Crippen molar-refractivity contribution in [2.75, 3.05) is 13.1 Å². The van der Waals surface area contributed by atoms with Crippen LogP contribution in [0, 0.1) is 0 Å². The summed E-state index contributed by atoms with van der Waals surface area (Å²) < 4.78 is 0. The van der Waals surface area contributed by atoms with Crippen molar-refractivity contribution < 1.29 is 4.79 Å². The second kappa shape index (κ2) is 6.67. The van der Waals surface area contributed by atoms with Crippen LogP contribution in [0.15, 0.2) is 34.2 Å². The highest BCUT2D eigenvalue weighted by Gasteiger charge is 2.26. The Kier molecular flexibility index (Phi) is 4.66. The second-order valence-electron chi connectivity index (χ2n) is 5.27. The first kappa shape index (κ1) is 14.7. The quantitative estimate of drug-likeness (QED) is 0.727. The van der Waals surface area contributed by atoms with Crippen molar-refractivity contribution >= 4 is 40.5 Å². The fraction of sp³-hybridized carbons (Fsp3) is 0.375. The topological polar surface area (TPSA) is 32.7 Å². The van der Waals surface area contributed by atoms with Crippen LogP contribution in [0.4, 0.5) is 0 Å². The molecule has 0 N–H and O–H groups in total. The van der Waals surface area contributed by atoms with Gasteiger partial charge in [0.1, 0.15) is 0 Å². The predicted molar refractivity (Wildman–Crippen MR) is 89.5 cm³/mol. The van der Waals surface area contributed by atoms with Gasteiger partial charge in [-0.05, 0) is 48.4 Å². The number of hydrogen-bond acceptors (Lipinski definition) is 3. The maximum absolute atomic E-state index is 12.1. The standard InChI is InChI=1S/C16H17ClN2OS/c17-13-7-5-6-12(10-13)11-14-15(20)18-16(21-14)19-8-3-1-2-4-9-19/h5-7,10-11H,1-4,8-9H2. The molecule has 0 saturated carbocycles. The molecule has 1 fully saturated rings. The normalized spacial score (nSPS) is 21.6. The van der Waals surface area contributed by atoms with Crippen LogP contribution in [0.3, 0.4) is 0 Å². The zero-order valence-electron chi connectivity index (χ0n) is 11.7. The van der Waals surface area contributed by atoms with Gasteiger partial charge in [-0.15, -0.1) is 0 Å². The molecule has 2 heterocycles.